The molecule has 1 amide bonds. The Labute approximate surface area is 82.4 Å². The van der Waals surface area contributed by atoms with E-state index in [1.54, 1.807) is 0 Å². The van der Waals surface area contributed by atoms with Crippen LogP contribution < -0.4 is 5.73 Å². The van der Waals surface area contributed by atoms with E-state index in [0.717, 1.165) is 0 Å². The molecule has 13 heavy (non-hydrogen) atoms. The first kappa shape index (κ1) is 12.2. The smallest absolute Gasteiger partial charge is 0.307 e. The van der Waals surface area contributed by atoms with E-state index in [9.17, 15) is 9.59 Å². The van der Waals surface area contributed by atoms with Crippen molar-refractivity contribution in [2.45, 2.75) is 26.2 Å². The third kappa shape index (κ3) is 7.59. The Morgan fingerprint density at radius 1 is 1.54 bits per heavy atom. The number of primary amides is 1. The van der Waals surface area contributed by atoms with Gasteiger partial charge in [-0.15, -0.1) is 0 Å². The van der Waals surface area contributed by atoms with Gasteiger partial charge >= 0.3 is 5.97 Å². The topological polar surface area (TPSA) is 69.4 Å². The number of alkyl halides is 1. The molecule has 5 heteroatoms. The third-order valence-corrected chi connectivity index (χ3v) is 1.72. The minimum Gasteiger partial charge on any atom is -0.449 e. The fourth-order valence-corrected chi connectivity index (χ4v) is 1.02. The van der Waals surface area contributed by atoms with Crippen LogP contribution in [0.4, 0.5) is 0 Å². The molecule has 0 rings (SSSR count). The molecule has 0 aliphatic rings. The van der Waals surface area contributed by atoms with Crippen molar-refractivity contribution in [2.75, 3.05) is 6.07 Å². The molecule has 0 bridgehead atoms. The molecule has 0 saturated heterocycles. The Morgan fingerprint density at radius 3 is 2.62 bits per heavy atom. The lowest BCUT2D eigenvalue weighted by atomic mass is 10.0. The molecule has 0 fully saturated rings. The van der Waals surface area contributed by atoms with Crippen LogP contribution in [0, 0.1) is 5.92 Å². The van der Waals surface area contributed by atoms with Gasteiger partial charge in [0.15, 0.2) is 6.07 Å². The number of carbonyl (C=O) groups excluding carboxylic acids is 2. The number of rotatable bonds is 6. The van der Waals surface area contributed by atoms with Crippen LogP contribution in [-0.4, -0.2) is 17.9 Å². The summed E-state index contributed by atoms with van der Waals surface area (Å²) in [6, 6.07) is -0.124. The molecule has 0 heterocycles. The maximum atomic E-state index is 10.9. The lowest BCUT2D eigenvalue weighted by Crippen LogP contribution is -2.14. The average Bonchev–Trinajstić information content (AvgIpc) is 2.01. The first-order chi connectivity index (χ1) is 6.06. The Hall–Kier alpha value is -0.770. The van der Waals surface area contributed by atoms with Crippen molar-refractivity contribution in [3.63, 3.8) is 0 Å². The fraction of sp³-hybridized carbons (Fsp3) is 0.750. The van der Waals surface area contributed by atoms with Gasteiger partial charge < -0.3 is 10.5 Å². The Kier molecular flexibility index (Phi) is 6.32. The van der Waals surface area contributed by atoms with Crippen LogP contribution >= 0.6 is 11.6 Å². The zero-order chi connectivity index (χ0) is 10.3. The molecule has 0 radical (unpaired) electrons. The first-order valence-corrected chi connectivity index (χ1v) is 4.59. The Balaban J connectivity index is 3.55. The van der Waals surface area contributed by atoms with E-state index in [1.807, 2.05) is 6.92 Å². The molecule has 0 aromatic rings. The average molecular weight is 208 g/mol. The van der Waals surface area contributed by atoms with Crippen molar-refractivity contribution in [1.29, 1.82) is 0 Å². The highest BCUT2D eigenvalue weighted by Gasteiger charge is 2.10. The summed E-state index contributed by atoms with van der Waals surface area (Å²) in [5, 5.41) is 0. The number of carbonyl (C=O) groups is 2. The van der Waals surface area contributed by atoms with Gasteiger partial charge in [0.25, 0.3) is 0 Å². The molecule has 1 atom stereocenters. The molecule has 0 aliphatic carbocycles. The van der Waals surface area contributed by atoms with E-state index in [4.69, 9.17) is 17.3 Å². The van der Waals surface area contributed by atoms with Gasteiger partial charge in [-0.1, -0.05) is 18.5 Å². The minimum atomic E-state index is -0.349. The second-order valence-corrected chi connectivity index (χ2v) is 3.16. The number of halogens is 1. The summed E-state index contributed by atoms with van der Waals surface area (Å²) in [4.78, 5) is 21.3. The van der Waals surface area contributed by atoms with Crippen LogP contribution in [0.25, 0.3) is 0 Å². The number of nitrogens with two attached hydrogens (primary N) is 1. The van der Waals surface area contributed by atoms with Crippen molar-refractivity contribution in [2.24, 2.45) is 11.7 Å². The lowest BCUT2D eigenvalue weighted by Gasteiger charge is -2.08. The van der Waals surface area contributed by atoms with Crippen molar-refractivity contribution in [3.05, 3.63) is 0 Å². The van der Waals surface area contributed by atoms with E-state index in [0.29, 0.717) is 12.8 Å². The monoisotopic (exact) mass is 207 g/mol. The molecule has 4 nitrogen and oxygen atoms in total. The number of hydrogen-bond acceptors (Lipinski definition) is 3. The predicted octanol–water partition coefficient (Wildman–Crippen LogP) is 1.02. The molecule has 76 valence electrons. The van der Waals surface area contributed by atoms with Crippen LogP contribution in [0.15, 0.2) is 0 Å². The fourth-order valence-electron chi connectivity index (χ4n) is 0.895. The highest BCUT2D eigenvalue weighted by atomic mass is 35.5. The van der Waals surface area contributed by atoms with Gasteiger partial charge in [0.05, 0.1) is 0 Å². The number of esters is 1. The molecular formula is C8H14ClNO3. The number of ether oxygens (including phenoxy) is 1. The van der Waals surface area contributed by atoms with Crippen LogP contribution in [-0.2, 0) is 14.3 Å². The molecule has 2 N–H and O–H groups in total. The van der Waals surface area contributed by atoms with Crippen LogP contribution in [0.5, 0.6) is 0 Å². The summed E-state index contributed by atoms with van der Waals surface area (Å²) in [7, 11) is 0. The first-order valence-electron chi connectivity index (χ1n) is 4.06. The van der Waals surface area contributed by atoms with Crippen molar-refractivity contribution in [1.82, 2.24) is 0 Å². The second kappa shape index (κ2) is 6.71. The van der Waals surface area contributed by atoms with E-state index in [2.05, 4.69) is 4.74 Å². The normalized spacial score (nSPS) is 12.2. The third-order valence-electron chi connectivity index (χ3n) is 1.61. The zero-order valence-electron chi connectivity index (χ0n) is 7.59. The van der Waals surface area contributed by atoms with Crippen LogP contribution in [0.2, 0.25) is 0 Å². The van der Waals surface area contributed by atoms with Gasteiger partial charge in [-0.2, -0.15) is 0 Å². The molecule has 0 aromatic carbocycles. The molecule has 0 aromatic heterocycles. The van der Waals surface area contributed by atoms with E-state index < -0.39 is 0 Å². The standard InChI is InChI=1S/C8H14ClNO3/c1-6(2-3-7(10)11)4-8(12)13-5-9/h6H,2-5H2,1H3,(H2,10,11). The van der Waals surface area contributed by atoms with Crippen LogP contribution in [0.3, 0.4) is 0 Å². The van der Waals surface area contributed by atoms with E-state index in [1.165, 1.54) is 0 Å². The zero-order valence-corrected chi connectivity index (χ0v) is 8.34. The molecule has 0 saturated carbocycles. The highest BCUT2D eigenvalue weighted by Crippen LogP contribution is 2.10. The van der Waals surface area contributed by atoms with Crippen molar-refractivity contribution in [3.8, 4) is 0 Å². The predicted molar refractivity (Wildman–Crippen MR) is 49.0 cm³/mol. The van der Waals surface area contributed by atoms with Gasteiger partial charge in [0, 0.05) is 12.8 Å². The number of amides is 1. The summed E-state index contributed by atoms with van der Waals surface area (Å²) in [5.74, 6) is -0.590. The Morgan fingerprint density at radius 2 is 2.15 bits per heavy atom. The summed E-state index contributed by atoms with van der Waals surface area (Å²) < 4.78 is 4.53. The SMILES string of the molecule is CC(CCC(N)=O)CC(=O)OCCl. The van der Waals surface area contributed by atoms with Gasteiger partial charge in [0.1, 0.15) is 0 Å². The van der Waals surface area contributed by atoms with Gasteiger partial charge in [0.2, 0.25) is 5.91 Å². The number of hydrogen-bond donors (Lipinski definition) is 1. The summed E-state index contributed by atoms with van der Waals surface area (Å²) in [5.41, 5.74) is 4.95. The summed E-state index contributed by atoms with van der Waals surface area (Å²) in [6.07, 6.45) is 1.18. The van der Waals surface area contributed by atoms with Gasteiger partial charge in [-0.05, 0) is 12.3 Å². The molecule has 0 aliphatic heterocycles. The quantitative estimate of drug-likeness (QED) is 0.522. The minimum absolute atomic E-state index is 0.100. The maximum absolute atomic E-state index is 10.9. The Bertz CT molecular complexity index is 184. The largest absolute Gasteiger partial charge is 0.449 e. The molecular weight excluding hydrogens is 194 g/mol. The van der Waals surface area contributed by atoms with Gasteiger partial charge in [-0.25, -0.2) is 0 Å². The van der Waals surface area contributed by atoms with Crippen molar-refractivity contribution < 1.29 is 14.3 Å². The van der Waals surface area contributed by atoms with Gasteiger partial charge in [-0.3, -0.25) is 9.59 Å². The maximum Gasteiger partial charge on any atom is 0.307 e. The highest BCUT2D eigenvalue weighted by molar-refractivity contribution is 6.17. The summed E-state index contributed by atoms with van der Waals surface area (Å²) in [6.45, 7) is 1.86. The second-order valence-electron chi connectivity index (χ2n) is 2.94. The molecule has 0 spiro atoms. The lowest BCUT2D eigenvalue weighted by molar-refractivity contribution is -0.142. The van der Waals surface area contributed by atoms with E-state index >= 15 is 0 Å². The van der Waals surface area contributed by atoms with Crippen LogP contribution in [0.1, 0.15) is 26.2 Å². The van der Waals surface area contributed by atoms with E-state index in [-0.39, 0.29) is 30.3 Å². The molecule has 1 unspecified atom stereocenters. The summed E-state index contributed by atoms with van der Waals surface area (Å²) >= 11 is 5.19. The van der Waals surface area contributed by atoms with Crippen molar-refractivity contribution >= 4 is 23.5 Å².